The number of carbonyl (C=O) groups excluding carboxylic acids is 1. The molecule has 2 rings (SSSR count). The summed E-state index contributed by atoms with van der Waals surface area (Å²) in [6.07, 6.45) is -0.973. The van der Waals surface area contributed by atoms with Crippen LogP contribution in [0, 0.1) is 0 Å². The van der Waals surface area contributed by atoms with E-state index in [-0.39, 0.29) is 18.2 Å². The molecule has 2 unspecified atom stereocenters. The molecule has 7 nitrogen and oxygen atoms in total. The first kappa shape index (κ1) is 17.1. The summed E-state index contributed by atoms with van der Waals surface area (Å²) in [5.74, 6) is 0.566. The number of rotatable bonds is 6. The standard InChI is InChI=1S/C16H22N2O5/c1-22-8-7-18-10-13(11-3-5-12(23-2)6-4-11)14(9-15(18)19)17-16(20)21/h3-6,13-14,17H,7-10H2,1-2H3,(H,20,21). The highest BCUT2D eigenvalue weighted by Gasteiger charge is 2.35. The zero-order valence-electron chi connectivity index (χ0n) is 13.3. The Bertz CT molecular complexity index is 546. The van der Waals surface area contributed by atoms with Gasteiger partial charge in [-0.1, -0.05) is 12.1 Å². The maximum Gasteiger partial charge on any atom is 0.404 e. The number of nitrogens with one attached hydrogen (secondary N) is 1. The molecule has 1 heterocycles. The van der Waals surface area contributed by atoms with E-state index in [1.807, 2.05) is 24.3 Å². The van der Waals surface area contributed by atoms with Crippen LogP contribution in [0.5, 0.6) is 5.75 Å². The maximum atomic E-state index is 12.2. The number of carbonyl (C=O) groups is 2. The molecule has 2 amide bonds. The second-order valence-electron chi connectivity index (χ2n) is 5.47. The number of hydrogen-bond acceptors (Lipinski definition) is 4. The van der Waals surface area contributed by atoms with E-state index in [0.717, 1.165) is 11.3 Å². The number of nitrogens with zero attached hydrogens (tertiary/aromatic N) is 1. The van der Waals surface area contributed by atoms with Gasteiger partial charge in [-0.2, -0.15) is 0 Å². The fourth-order valence-corrected chi connectivity index (χ4v) is 2.84. The van der Waals surface area contributed by atoms with Gasteiger partial charge in [0.05, 0.1) is 13.7 Å². The Balaban J connectivity index is 2.20. The average Bonchev–Trinajstić information content (AvgIpc) is 2.54. The van der Waals surface area contributed by atoms with Crippen LogP contribution in [0.3, 0.4) is 0 Å². The minimum absolute atomic E-state index is 0.0643. The molecule has 0 aromatic heterocycles. The van der Waals surface area contributed by atoms with E-state index in [2.05, 4.69) is 5.32 Å². The number of methoxy groups -OCH3 is 2. The summed E-state index contributed by atoms with van der Waals surface area (Å²) in [5.41, 5.74) is 0.972. The minimum atomic E-state index is -1.12. The minimum Gasteiger partial charge on any atom is -0.497 e. The maximum absolute atomic E-state index is 12.2. The third-order valence-electron chi connectivity index (χ3n) is 4.07. The van der Waals surface area contributed by atoms with Gasteiger partial charge in [0, 0.05) is 38.6 Å². The molecule has 1 aromatic rings. The van der Waals surface area contributed by atoms with Gasteiger partial charge in [-0.3, -0.25) is 4.79 Å². The summed E-state index contributed by atoms with van der Waals surface area (Å²) in [5, 5.41) is 11.5. The molecular formula is C16H22N2O5. The zero-order valence-corrected chi connectivity index (χ0v) is 13.3. The first-order valence-corrected chi connectivity index (χ1v) is 7.45. The van der Waals surface area contributed by atoms with E-state index >= 15 is 0 Å². The topological polar surface area (TPSA) is 88.1 Å². The Morgan fingerprint density at radius 1 is 1.35 bits per heavy atom. The smallest absolute Gasteiger partial charge is 0.404 e. The van der Waals surface area contributed by atoms with Gasteiger partial charge in [-0.25, -0.2) is 4.79 Å². The molecule has 0 bridgehead atoms. The zero-order chi connectivity index (χ0) is 16.8. The van der Waals surface area contributed by atoms with Gasteiger partial charge in [-0.05, 0) is 17.7 Å². The number of benzene rings is 1. The van der Waals surface area contributed by atoms with E-state index in [1.165, 1.54) is 0 Å². The highest BCUT2D eigenvalue weighted by atomic mass is 16.5. The summed E-state index contributed by atoms with van der Waals surface area (Å²) in [4.78, 5) is 24.9. The summed E-state index contributed by atoms with van der Waals surface area (Å²) in [6.45, 7) is 1.42. The van der Waals surface area contributed by atoms with E-state index in [9.17, 15) is 9.59 Å². The number of amides is 2. The third kappa shape index (κ3) is 4.35. The second kappa shape index (κ2) is 7.82. The number of piperidine rings is 1. The van der Waals surface area contributed by atoms with Crippen LogP contribution in [0.1, 0.15) is 17.9 Å². The number of ether oxygens (including phenoxy) is 2. The van der Waals surface area contributed by atoms with Crippen LogP contribution in [-0.2, 0) is 9.53 Å². The molecule has 0 saturated carbocycles. The first-order valence-electron chi connectivity index (χ1n) is 7.45. The summed E-state index contributed by atoms with van der Waals surface area (Å²) in [7, 11) is 3.18. The number of likely N-dealkylation sites (tertiary alicyclic amines) is 1. The third-order valence-corrected chi connectivity index (χ3v) is 4.07. The van der Waals surface area contributed by atoms with E-state index in [4.69, 9.17) is 14.6 Å². The molecule has 1 fully saturated rings. The quantitative estimate of drug-likeness (QED) is 0.824. The molecule has 2 atom stereocenters. The van der Waals surface area contributed by atoms with Gasteiger partial charge in [-0.15, -0.1) is 0 Å². The lowest BCUT2D eigenvalue weighted by atomic mass is 9.85. The molecule has 1 aliphatic heterocycles. The van der Waals surface area contributed by atoms with E-state index in [0.29, 0.717) is 19.7 Å². The molecule has 7 heteroatoms. The Kier molecular flexibility index (Phi) is 5.81. The molecule has 126 valence electrons. The monoisotopic (exact) mass is 322 g/mol. The number of hydrogen-bond donors (Lipinski definition) is 2. The fraction of sp³-hybridized carbons (Fsp3) is 0.500. The van der Waals surface area contributed by atoms with Crippen LogP contribution in [0.4, 0.5) is 4.79 Å². The SMILES string of the molecule is COCCN1CC(c2ccc(OC)cc2)C(NC(=O)O)CC1=O. The van der Waals surface area contributed by atoms with Crippen molar-refractivity contribution in [1.29, 1.82) is 0 Å². The Morgan fingerprint density at radius 2 is 2.04 bits per heavy atom. The summed E-state index contributed by atoms with van der Waals surface area (Å²) < 4.78 is 10.2. The molecule has 1 saturated heterocycles. The first-order chi connectivity index (χ1) is 11.0. The van der Waals surface area contributed by atoms with Gasteiger partial charge in [0.25, 0.3) is 0 Å². The van der Waals surface area contributed by atoms with Gasteiger partial charge < -0.3 is 24.8 Å². The highest BCUT2D eigenvalue weighted by Crippen LogP contribution is 2.29. The van der Waals surface area contributed by atoms with Crippen molar-refractivity contribution < 1.29 is 24.2 Å². The van der Waals surface area contributed by atoms with Crippen molar-refractivity contribution in [2.45, 2.75) is 18.4 Å². The van der Waals surface area contributed by atoms with Crippen LogP contribution in [0.25, 0.3) is 0 Å². The van der Waals surface area contributed by atoms with Crippen molar-refractivity contribution in [3.8, 4) is 5.75 Å². The van der Waals surface area contributed by atoms with Crippen LogP contribution in [0.15, 0.2) is 24.3 Å². The van der Waals surface area contributed by atoms with Crippen molar-refractivity contribution in [2.75, 3.05) is 33.9 Å². The molecule has 0 aliphatic carbocycles. The molecule has 0 spiro atoms. The molecule has 23 heavy (non-hydrogen) atoms. The van der Waals surface area contributed by atoms with Gasteiger partial charge in [0.15, 0.2) is 0 Å². The largest absolute Gasteiger partial charge is 0.497 e. The van der Waals surface area contributed by atoms with Crippen LogP contribution in [-0.4, -0.2) is 62.0 Å². The van der Waals surface area contributed by atoms with Crippen molar-refractivity contribution >= 4 is 12.0 Å². The van der Waals surface area contributed by atoms with Crippen LogP contribution in [0.2, 0.25) is 0 Å². The van der Waals surface area contributed by atoms with Crippen LogP contribution < -0.4 is 10.1 Å². The Hall–Kier alpha value is -2.28. The van der Waals surface area contributed by atoms with Gasteiger partial charge in [0.1, 0.15) is 5.75 Å². The van der Waals surface area contributed by atoms with Gasteiger partial charge >= 0.3 is 6.09 Å². The molecule has 2 N–H and O–H groups in total. The average molecular weight is 322 g/mol. The van der Waals surface area contributed by atoms with Gasteiger partial charge in [0.2, 0.25) is 5.91 Å². The van der Waals surface area contributed by atoms with Crippen molar-refractivity contribution in [2.24, 2.45) is 0 Å². The Morgan fingerprint density at radius 3 is 2.61 bits per heavy atom. The normalized spacial score (nSPS) is 21.1. The van der Waals surface area contributed by atoms with E-state index < -0.39 is 12.1 Å². The lowest BCUT2D eigenvalue weighted by Crippen LogP contribution is -2.52. The second-order valence-corrected chi connectivity index (χ2v) is 5.47. The van der Waals surface area contributed by atoms with Crippen molar-refractivity contribution in [1.82, 2.24) is 10.2 Å². The summed E-state index contributed by atoms with van der Waals surface area (Å²) >= 11 is 0. The lowest BCUT2D eigenvalue weighted by Gasteiger charge is -2.38. The predicted octanol–water partition coefficient (Wildman–Crippen LogP) is 1.29. The molecule has 1 aromatic carbocycles. The summed E-state index contributed by atoms with van der Waals surface area (Å²) in [6, 6.07) is 7.05. The highest BCUT2D eigenvalue weighted by molar-refractivity contribution is 5.79. The molecule has 0 radical (unpaired) electrons. The van der Waals surface area contributed by atoms with E-state index in [1.54, 1.807) is 19.1 Å². The molecular weight excluding hydrogens is 300 g/mol. The molecule has 1 aliphatic rings. The lowest BCUT2D eigenvalue weighted by molar-refractivity contribution is -0.135. The van der Waals surface area contributed by atoms with Crippen molar-refractivity contribution in [3.05, 3.63) is 29.8 Å². The Labute approximate surface area is 135 Å². The predicted molar refractivity (Wildman–Crippen MR) is 83.8 cm³/mol. The number of carboxylic acid groups (broad SMARTS) is 1. The fourth-order valence-electron chi connectivity index (χ4n) is 2.84. The van der Waals surface area contributed by atoms with Crippen LogP contribution >= 0.6 is 0 Å². The van der Waals surface area contributed by atoms with Crippen molar-refractivity contribution in [3.63, 3.8) is 0 Å².